The Labute approximate surface area is 72.2 Å². The van der Waals surface area contributed by atoms with E-state index in [2.05, 4.69) is 6.92 Å². The van der Waals surface area contributed by atoms with Crippen LogP contribution in [-0.4, -0.2) is 51.1 Å². The third-order valence-electron chi connectivity index (χ3n) is 0.938. The number of rotatable bonds is 6. The van der Waals surface area contributed by atoms with E-state index in [1.165, 1.54) is 0 Å². The van der Waals surface area contributed by atoms with Gasteiger partial charge >= 0.3 is 71.9 Å². The average molecular weight is 253 g/mol. The van der Waals surface area contributed by atoms with Gasteiger partial charge in [0.15, 0.2) is 0 Å². The van der Waals surface area contributed by atoms with Crippen molar-refractivity contribution in [2.45, 2.75) is 23.9 Å². The van der Waals surface area contributed by atoms with Crippen LogP contribution in [0.15, 0.2) is 0 Å². The quantitative estimate of drug-likeness (QED) is 0.509. The van der Waals surface area contributed by atoms with E-state index < -0.39 is 27.7 Å². The van der Waals surface area contributed by atoms with Crippen LogP contribution >= 0.6 is 0 Å². The molecule has 0 bridgehead atoms. The summed E-state index contributed by atoms with van der Waals surface area (Å²) in [6.07, 6.45) is 0.499. The van der Waals surface area contributed by atoms with Crippen LogP contribution in [0.3, 0.4) is 0 Å². The number of hydrogen-bond acceptors (Lipinski definition) is 3. The Balaban J connectivity index is 2.89. The van der Waals surface area contributed by atoms with Crippen molar-refractivity contribution < 1.29 is 13.3 Å². The summed E-state index contributed by atoms with van der Waals surface area (Å²) in [5.41, 5.74) is 0. The van der Waals surface area contributed by atoms with Crippen LogP contribution in [0.25, 0.3) is 0 Å². The van der Waals surface area contributed by atoms with Crippen molar-refractivity contribution in [3.05, 3.63) is 0 Å². The van der Waals surface area contributed by atoms with Crippen molar-refractivity contribution in [3.8, 4) is 0 Å². The molecule has 0 aliphatic carbocycles. The SMILES string of the molecule is CCC[O][Sn][CH2]C(O)CO. The minimum atomic E-state index is -0.816. The van der Waals surface area contributed by atoms with Crippen LogP contribution in [0.2, 0.25) is 4.44 Å². The zero-order valence-corrected chi connectivity index (χ0v) is 9.06. The van der Waals surface area contributed by atoms with Gasteiger partial charge in [0.25, 0.3) is 0 Å². The molecule has 0 heterocycles. The third kappa shape index (κ3) is 6.79. The van der Waals surface area contributed by atoms with Gasteiger partial charge in [-0.3, -0.25) is 0 Å². The van der Waals surface area contributed by atoms with Crippen LogP contribution in [0.5, 0.6) is 0 Å². The van der Waals surface area contributed by atoms with Crippen LogP contribution in [-0.2, 0) is 3.07 Å². The Morgan fingerprint density at radius 3 is 2.80 bits per heavy atom. The Hall–Kier alpha value is 0.679. The normalized spacial score (nSPS) is 13.5. The van der Waals surface area contributed by atoms with E-state index in [-0.39, 0.29) is 6.61 Å². The van der Waals surface area contributed by atoms with Gasteiger partial charge in [-0.2, -0.15) is 0 Å². The molecule has 4 heteroatoms. The van der Waals surface area contributed by atoms with E-state index in [1.807, 2.05) is 0 Å². The summed E-state index contributed by atoms with van der Waals surface area (Å²) < 4.78 is 5.95. The molecule has 0 aromatic rings. The average Bonchev–Trinajstić information content (AvgIpc) is 1.98. The molecule has 0 spiro atoms. The summed E-state index contributed by atoms with van der Waals surface area (Å²) in [6.45, 7) is 2.74. The topological polar surface area (TPSA) is 49.7 Å². The Morgan fingerprint density at radius 1 is 1.60 bits per heavy atom. The predicted molar refractivity (Wildman–Crippen MR) is 39.9 cm³/mol. The molecule has 10 heavy (non-hydrogen) atoms. The predicted octanol–water partition coefficient (Wildman–Crippen LogP) is -0.196. The van der Waals surface area contributed by atoms with Crippen LogP contribution < -0.4 is 0 Å². The summed E-state index contributed by atoms with van der Waals surface area (Å²) in [5, 5.41) is 17.3. The molecule has 3 nitrogen and oxygen atoms in total. The number of aliphatic hydroxyl groups excluding tert-OH is 2. The van der Waals surface area contributed by atoms with Gasteiger partial charge in [0.1, 0.15) is 0 Å². The fourth-order valence-corrected chi connectivity index (χ4v) is 2.64. The molecule has 0 saturated heterocycles. The Morgan fingerprint density at radius 2 is 2.30 bits per heavy atom. The second-order valence-electron chi connectivity index (χ2n) is 2.03. The molecule has 2 N–H and O–H groups in total. The maximum absolute atomic E-state index is 8.87. The second-order valence-corrected chi connectivity index (χ2v) is 4.85. The summed E-state index contributed by atoms with van der Waals surface area (Å²) >= 11 is -0.816. The fraction of sp³-hybridized carbons (Fsp3) is 1.00. The van der Waals surface area contributed by atoms with Crippen molar-refractivity contribution >= 4 is 21.6 Å². The van der Waals surface area contributed by atoms with Gasteiger partial charge in [0.05, 0.1) is 0 Å². The second kappa shape index (κ2) is 7.78. The van der Waals surface area contributed by atoms with Crippen LogP contribution in [0.4, 0.5) is 0 Å². The summed E-state index contributed by atoms with van der Waals surface area (Å²) in [5.74, 6) is 0. The zero-order valence-electron chi connectivity index (χ0n) is 6.21. The first-order chi connectivity index (χ1) is 4.81. The first-order valence-corrected chi connectivity index (χ1v) is 6.63. The molecule has 1 atom stereocenters. The Bertz CT molecular complexity index is 70.0. The van der Waals surface area contributed by atoms with Crippen molar-refractivity contribution in [1.82, 2.24) is 0 Å². The van der Waals surface area contributed by atoms with Gasteiger partial charge in [0.2, 0.25) is 0 Å². The van der Waals surface area contributed by atoms with Gasteiger partial charge in [-0.1, -0.05) is 0 Å². The summed E-state index contributed by atoms with van der Waals surface area (Å²) in [6, 6.07) is 0. The third-order valence-corrected chi connectivity index (χ3v) is 3.92. The molecule has 0 amide bonds. The molecule has 0 aliphatic rings. The van der Waals surface area contributed by atoms with E-state index in [0.717, 1.165) is 13.0 Å². The van der Waals surface area contributed by atoms with Crippen molar-refractivity contribution in [3.63, 3.8) is 0 Å². The first-order valence-electron chi connectivity index (χ1n) is 3.44. The molecule has 0 rings (SSSR count). The molecule has 2 radical (unpaired) electrons. The van der Waals surface area contributed by atoms with Gasteiger partial charge in [0, 0.05) is 0 Å². The van der Waals surface area contributed by atoms with Gasteiger partial charge in [-0.05, 0) is 0 Å². The van der Waals surface area contributed by atoms with Crippen molar-refractivity contribution in [2.75, 3.05) is 13.2 Å². The van der Waals surface area contributed by atoms with Crippen LogP contribution in [0, 0.1) is 0 Å². The molecule has 1 unspecified atom stereocenters. The standard InChI is InChI=1S/C3H7O2.C3H7O.Sn/c1-3(5)2-4;1-2-3-4;/h3-5H,1-2H2;2-3H2,1H3;/q;-1;+1. The van der Waals surface area contributed by atoms with Crippen molar-refractivity contribution in [1.29, 1.82) is 0 Å². The number of hydrogen-bond donors (Lipinski definition) is 2. The molecule has 60 valence electrons. The van der Waals surface area contributed by atoms with Crippen LogP contribution in [0.1, 0.15) is 13.3 Å². The van der Waals surface area contributed by atoms with Gasteiger partial charge < -0.3 is 0 Å². The number of aliphatic hydroxyl groups is 2. The summed E-state index contributed by atoms with van der Waals surface area (Å²) in [7, 11) is 0. The first kappa shape index (κ1) is 10.7. The minimum absolute atomic E-state index is 0.129. The van der Waals surface area contributed by atoms with E-state index in [0.29, 0.717) is 4.44 Å². The fourth-order valence-electron chi connectivity index (χ4n) is 0.394. The molecule has 0 saturated carbocycles. The summed E-state index contributed by atoms with van der Waals surface area (Å²) in [4.78, 5) is 0. The molecular formula is C6H14O3Sn. The molecular weight excluding hydrogens is 239 g/mol. The van der Waals surface area contributed by atoms with E-state index in [4.69, 9.17) is 13.3 Å². The zero-order chi connectivity index (χ0) is 7.82. The van der Waals surface area contributed by atoms with Crippen molar-refractivity contribution in [2.24, 2.45) is 0 Å². The van der Waals surface area contributed by atoms with Gasteiger partial charge in [-0.15, -0.1) is 0 Å². The molecule has 0 aliphatic heterocycles. The van der Waals surface area contributed by atoms with Gasteiger partial charge in [-0.25, -0.2) is 0 Å². The molecule has 0 aromatic carbocycles. The molecule has 0 aromatic heterocycles. The van der Waals surface area contributed by atoms with E-state index in [9.17, 15) is 0 Å². The monoisotopic (exact) mass is 254 g/mol. The van der Waals surface area contributed by atoms with E-state index in [1.54, 1.807) is 0 Å². The maximum atomic E-state index is 8.87. The Kier molecular flexibility index (Phi) is 8.31. The van der Waals surface area contributed by atoms with E-state index >= 15 is 0 Å². The molecule has 0 fully saturated rings.